The molecule has 0 saturated carbocycles. The smallest absolute Gasteiger partial charge is 0.310 e. The molecule has 0 aliphatic rings. The molecule has 0 amide bonds. The molecule has 0 aromatic rings. The molecule has 5 heteroatoms. The first-order valence-corrected chi connectivity index (χ1v) is 4.91. The van der Waals surface area contributed by atoms with E-state index in [1.807, 2.05) is 0 Å². The van der Waals surface area contributed by atoms with Crippen molar-refractivity contribution >= 4 is 23.3 Å². The third kappa shape index (κ3) is 4.33. The van der Waals surface area contributed by atoms with Gasteiger partial charge in [0.1, 0.15) is 17.3 Å². The molecule has 0 radical (unpaired) electrons. The predicted octanol–water partition coefficient (Wildman–Crippen LogP) is 0.995. The highest BCUT2D eigenvalue weighted by Gasteiger charge is 2.41. The summed E-state index contributed by atoms with van der Waals surface area (Å²) in [6.07, 6.45) is -0.871. The number of ketones is 3. The standard InChI is InChI=1S/C11H16O5/c1-7(12)4-11(10(15)16,5-8(2)13)6-9(3)14/h4-6H2,1-3H3,(H,15,16). The van der Waals surface area contributed by atoms with Gasteiger partial charge in [-0.15, -0.1) is 0 Å². The summed E-state index contributed by atoms with van der Waals surface area (Å²) in [5, 5.41) is 9.11. The summed E-state index contributed by atoms with van der Waals surface area (Å²) in [6.45, 7) is 3.74. The number of carboxylic acid groups (broad SMARTS) is 1. The number of Topliss-reactive ketones (excluding diaryl/α,β-unsaturated/α-hetero) is 3. The first-order valence-electron chi connectivity index (χ1n) is 4.91. The lowest BCUT2D eigenvalue weighted by molar-refractivity contribution is -0.155. The average Bonchev–Trinajstić information content (AvgIpc) is 1.98. The third-order valence-electron chi connectivity index (χ3n) is 2.22. The van der Waals surface area contributed by atoms with Crippen molar-refractivity contribution in [3.63, 3.8) is 0 Å². The van der Waals surface area contributed by atoms with E-state index in [0.29, 0.717) is 0 Å². The topological polar surface area (TPSA) is 88.5 Å². The number of aliphatic carboxylic acids is 1. The molecule has 5 nitrogen and oxygen atoms in total. The molecule has 0 aliphatic heterocycles. The van der Waals surface area contributed by atoms with Gasteiger partial charge in [-0.3, -0.25) is 19.2 Å². The zero-order valence-corrected chi connectivity index (χ0v) is 9.70. The van der Waals surface area contributed by atoms with Crippen LogP contribution in [0.25, 0.3) is 0 Å². The first kappa shape index (κ1) is 14.5. The van der Waals surface area contributed by atoms with Gasteiger partial charge in [-0.25, -0.2) is 0 Å². The fraction of sp³-hybridized carbons (Fsp3) is 0.636. The number of rotatable bonds is 7. The normalized spacial score (nSPS) is 10.9. The van der Waals surface area contributed by atoms with E-state index < -0.39 is 11.4 Å². The molecule has 1 N–H and O–H groups in total. The largest absolute Gasteiger partial charge is 0.481 e. The summed E-state index contributed by atoms with van der Waals surface area (Å²) < 4.78 is 0. The van der Waals surface area contributed by atoms with Gasteiger partial charge < -0.3 is 5.11 Å². The molecule has 0 aromatic heterocycles. The zero-order valence-electron chi connectivity index (χ0n) is 9.70. The number of carbonyl (C=O) groups is 4. The number of hydrogen-bond acceptors (Lipinski definition) is 4. The van der Waals surface area contributed by atoms with Gasteiger partial charge in [0.25, 0.3) is 0 Å². The van der Waals surface area contributed by atoms with Crippen LogP contribution in [0.3, 0.4) is 0 Å². The lowest BCUT2D eigenvalue weighted by atomic mass is 9.75. The SMILES string of the molecule is CC(=O)CC(CC(C)=O)(CC(C)=O)C(=O)O. The molecule has 0 bridgehead atoms. The van der Waals surface area contributed by atoms with Crippen molar-refractivity contribution in [2.45, 2.75) is 40.0 Å². The fourth-order valence-corrected chi connectivity index (χ4v) is 1.84. The van der Waals surface area contributed by atoms with Crippen LogP contribution in [0, 0.1) is 5.41 Å². The van der Waals surface area contributed by atoms with Gasteiger partial charge in [0.2, 0.25) is 0 Å². The molecule has 90 valence electrons. The first-order chi connectivity index (χ1) is 7.19. The van der Waals surface area contributed by atoms with Crippen molar-refractivity contribution in [3.05, 3.63) is 0 Å². The van der Waals surface area contributed by atoms with Crippen LogP contribution in [0.4, 0.5) is 0 Å². The highest BCUT2D eigenvalue weighted by atomic mass is 16.4. The van der Waals surface area contributed by atoms with E-state index in [2.05, 4.69) is 0 Å². The maximum atomic E-state index is 11.2. The molecule has 0 rings (SSSR count). The molecular formula is C11H16O5. The van der Waals surface area contributed by atoms with Crippen LogP contribution in [0.1, 0.15) is 40.0 Å². The van der Waals surface area contributed by atoms with Crippen molar-refractivity contribution in [2.24, 2.45) is 5.41 Å². The van der Waals surface area contributed by atoms with E-state index >= 15 is 0 Å². The Bertz CT molecular complexity index is 288. The minimum Gasteiger partial charge on any atom is -0.481 e. The summed E-state index contributed by atoms with van der Waals surface area (Å²) >= 11 is 0. The van der Waals surface area contributed by atoms with E-state index in [9.17, 15) is 19.2 Å². The minimum atomic E-state index is -1.57. The number of carbonyl (C=O) groups excluding carboxylic acids is 3. The Morgan fingerprint density at radius 2 is 1.06 bits per heavy atom. The molecule has 16 heavy (non-hydrogen) atoms. The summed E-state index contributed by atoms with van der Waals surface area (Å²) in [5.41, 5.74) is -1.57. The Kier molecular flexibility index (Phi) is 5.01. The molecule has 0 aromatic carbocycles. The Labute approximate surface area is 93.8 Å². The molecule has 0 aliphatic carbocycles. The number of carboxylic acids is 1. The van der Waals surface area contributed by atoms with E-state index in [4.69, 9.17) is 5.11 Å². The summed E-state index contributed by atoms with van der Waals surface area (Å²) in [5.74, 6) is -2.30. The third-order valence-corrected chi connectivity index (χ3v) is 2.22. The highest BCUT2D eigenvalue weighted by Crippen LogP contribution is 2.32. The lowest BCUT2D eigenvalue weighted by Crippen LogP contribution is -2.36. The van der Waals surface area contributed by atoms with Crippen LogP contribution in [0.5, 0.6) is 0 Å². The van der Waals surface area contributed by atoms with Gasteiger partial charge in [0, 0.05) is 19.3 Å². The molecule has 0 unspecified atom stereocenters. The molecule has 0 saturated heterocycles. The minimum absolute atomic E-state index is 0.290. The molecule has 0 spiro atoms. The van der Waals surface area contributed by atoms with Crippen LogP contribution < -0.4 is 0 Å². The second-order valence-corrected chi connectivity index (χ2v) is 4.22. The van der Waals surface area contributed by atoms with Crippen molar-refractivity contribution in [3.8, 4) is 0 Å². The van der Waals surface area contributed by atoms with Crippen molar-refractivity contribution < 1.29 is 24.3 Å². The van der Waals surface area contributed by atoms with Crippen molar-refractivity contribution in [1.29, 1.82) is 0 Å². The lowest BCUT2D eigenvalue weighted by Gasteiger charge is -2.26. The molecule has 0 heterocycles. The second kappa shape index (κ2) is 5.53. The Hall–Kier alpha value is -1.52. The highest BCUT2D eigenvalue weighted by molar-refractivity contribution is 5.93. The van der Waals surface area contributed by atoms with Gasteiger partial charge >= 0.3 is 5.97 Å². The zero-order chi connectivity index (χ0) is 12.9. The van der Waals surface area contributed by atoms with Crippen molar-refractivity contribution in [2.75, 3.05) is 0 Å². The van der Waals surface area contributed by atoms with E-state index in [0.717, 1.165) is 0 Å². The van der Waals surface area contributed by atoms with Gasteiger partial charge in [-0.1, -0.05) is 0 Å². The van der Waals surface area contributed by atoms with Gasteiger partial charge in [0.15, 0.2) is 0 Å². The van der Waals surface area contributed by atoms with Crippen LogP contribution in [-0.4, -0.2) is 28.4 Å². The van der Waals surface area contributed by atoms with E-state index in [1.165, 1.54) is 20.8 Å². The molecule has 0 atom stereocenters. The Morgan fingerprint density at radius 1 is 0.812 bits per heavy atom. The maximum Gasteiger partial charge on any atom is 0.310 e. The summed E-state index contributed by atoms with van der Waals surface area (Å²) in [7, 11) is 0. The molecular weight excluding hydrogens is 212 g/mol. The van der Waals surface area contributed by atoms with E-state index in [1.54, 1.807) is 0 Å². The van der Waals surface area contributed by atoms with Crippen LogP contribution in [-0.2, 0) is 19.2 Å². The second-order valence-electron chi connectivity index (χ2n) is 4.22. The number of hydrogen-bond donors (Lipinski definition) is 1. The summed E-state index contributed by atoms with van der Waals surface area (Å²) in [6, 6.07) is 0. The van der Waals surface area contributed by atoms with E-state index in [-0.39, 0.29) is 36.6 Å². The monoisotopic (exact) mass is 228 g/mol. The fourth-order valence-electron chi connectivity index (χ4n) is 1.84. The van der Waals surface area contributed by atoms with Crippen LogP contribution in [0.15, 0.2) is 0 Å². The van der Waals surface area contributed by atoms with Gasteiger partial charge in [0.05, 0.1) is 5.41 Å². The summed E-state index contributed by atoms with van der Waals surface area (Å²) in [4.78, 5) is 44.3. The van der Waals surface area contributed by atoms with Gasteiger partial charge in [-0.2, -0.15) is 0 Å². The van der Waals surface area contributed by atoms with Gasteiger partial charge in [-0.05, 0) is 20.8 Å². The van der Waals surface area contributed by atoms with Crippen LogP contribution in [0.2, 0.25) is 0 Å². The predicted molar refractivity (Wildman–Crippen MR) is 56.0 cm³/mol. The van der Waals surface area contributed by atoms with Crippen LogP contribution >= 0.6 is 0 Å². The Morgan fingerprint density at radius 3 is 1.19 bits per heavy atom. The average molecular weight is 228 g/mol. The quantitative estimate of drug-likeness (QED) is 0.702. The van der Waals surface area contributed by atoms with Crippen molar-refractivity contribution in [1.82, 2.24) is 0 Å². The molecule has 0 fully saturated rings. The maximum absolute atomic E-state index is 11.2. The Balaban J connectivity index is 5.19.